The summed E-state index contributed by atoms with van der Waals surface area (Å²) < 4.78 is 116. The third kappa shape index (κ3) is 3.33. The predicted octanol–water partition coefficient (Wildman–Crippen LogP) is 3.88. The largest absolute Gasteiger partial charge is 0.439 e. The van der Waals surface area contributed by atoms with Gasteiger partial charge in [-0.05, 0) is 0 Å². The molecule has 0 radical (unpaired) electrons. The second-order valence-electron chi connectivity index (χ2n) is 3.66. The maximum absolute atomic E-state index is 13.2. The Kier molecular flexibility index (Phi) is 4.49. The van der Waals surface area contributed by atoms with Crippen LogP contribution in [-0.2, 0) is 0 Å². The van der Waals surface area contributed by atoms with Crippen molar-refractivity contribution in [2.24, 2.45) is 0 Å². The Morgan fingerprint density at radius 3 is 2.00 bits per heavy atom. The standard InChI is InChI=1S/C9H2F9NO3/c10-2-1-3(19(20)21)4(11)5(12)6(2)22-9(17,18)7(13)8(14,15)16/h1,7H. The van der Waals surface area contributed by atoms with Crippen molar-refractivity contribution in [1.82, 2.24) is 0 Å². The van der Waals surface area contributed by atoms with E-state index in [2.05, 4.69) is 4.74 Å². The molecule has 13 heteroatoms. The van der Waals surface area contributed by atoms with E-state index in [9.17, 15) is 49.6 Å². The Hall–Kier alpha value is -2.21. The summed E-state index contributed by atoms with van der Waals surface area (Å²) in [6.07, 6.45) is -16.9. The van der Waals surface area contributed by atoms with Crippen LogP contribution in [0, 0.1) is 27.6 Å². The lowest BCUT2D eigenvalue weighted by molar-refractivity contribution is -0.388. The third-order valence-electron chi connectivity index (χ3n) is 2.11. The zero-order chi connectivity index (χ0) is 17.5. The van der Waals surface area contributed by atoms with Crippen LogP contribution in [0.15, 0.2) is 6.07 Å². The summed E-state index contributed by atoms with van der Waals surface area (Å²) in [7, 11) is 0. The van der Waals surface area contributed by atoms with E-state index < -0.39 is 58.3 Å². The van der Waals surface area contributed by atoms with E-state index in [1.807, 2.05) is 0 Å². The third-order valence-corrected chi connectivity index (χ3v) is 2.11. The molecule has 1 rings (SSSR count). The maximum atomic E-state index is 13.2. The SMILES string of the molecule is O=[N+]([O-])c1cc(F)c(OC(F)(F)C(F)C(F)(F)F)c(F)c1F. The van der Waals surface area contributed by atoms with Gasteiger partial charge in [-0.15, -0.1) is 0 Å². The molecule has 0 aliphatic heterocycles. The van der Waals surface area contributed by atoms with E-state index in [4.69, 9.17) is 0 Å². The lowest BCUT2D eigenvalue weighted by Gasteiger charge is -2.23. The highest BCUT2D eigenvalue weighted by Crippen LogP contribution is 2.39. The highest BCUT2D eigenvalue weighted by Gasteiger charge is 2.60. The van der Waals surface area contributed by atoms with Crippen molar-refractivity contribution in [2.75, 3.05) is 0 Å². The summed E-state index contributed by atoms with van der Waals surface area (Å²) in [5.41, 5.74) is -1.82. The smallest absolute Gasteiger partial charge is 0.424 e. The van der Waals surface area contributed by atoms with Crippen molar-refractivity contribution >= 4 is 5.69 Å². The molecule has 1 aromatic carbocycles. The van der Waals surface area contributed by atoms with Crippen molar-refractivity contribution in [1.29, 1.82) is 0 Å². The molecule has 22 heavy (non-hydrogen) atoms. The van der Waals surface area contributed by atoms with Crippen molar-refractivity contribution in [3.63, 3.8) is 0 Å². The number of nitro groups is 1. The summed E-state index contributed by atoms with van der Waals surface area (Å²) in [5.74, 6) is -9.93. The molecule has 0 aliphatic carbocycles. The van der Waals surface area contributed by atoms with Crippen LogP contribution in [0.25, 0.3) is 0 Å². The molecule has 1 atom stereocenters. The van der Waals surface area contributed by atoms with Gasteiger partial charge in [0.25, 0.3) is 6.17 Å². The van der Waals surface area contributed by atoms with E-state index in [0.29, 0.717) is 0 Å². The van der Waals surface area contributed by atoms with Gasteiger partial charge < -0.3 is 4.74 Å². The first-order chi connectivity index (χ1) is 9.79. The van der Waals surface area contributed by atoms with Gasteiger partial charge >= 0.3 is 18.0 Å². The molecule has 0 amide bonds. The first-order valence-corrected chi connectivity index (χ1v) is 4.88. The average Bonchev–Trinajstić information content (AvgIpc) is 2.36. The van der Waals surface area contributed by atoms with Gasteiger partial charge in [-0.1, -0.05) is 0 Å². The van der Waals surface area contributed by atoms with Gasteiger partial charge in [0.15, 0.2) is 5.82 Å². The highest BCUT2D eigenvalue weighted by molar-refractivity contribution is 5.41. The van der Waals surface area contributed by atoms with Crippen LogP contribution < -0.4 is 4.74 Å². The van der Waals surface area contributed by atoms with E-state index in [1.54, 1.807) is 0 Å². The average molecular weight is 343 g/mol. The number of alkyl halides is 6. The van der Waals surface area contributed by atoms with Crippen LogP contribution in [0.4, 0.5) is 45.2 Å². The minimum atomic E-state index is -6.14. The number of ether oxygens (including phenoxy) is 1. The summed E-state index contributed by atoms with van der Waals surface area (Å²) in [5, 5.41) is 10.2. The summed E-state index contributed by atoms with van der Waals surface area (Å²) in [4.78, 5) is 8.57. The van der Waals surface area contributed by atoms with Gasteiger partial charge in [0, 0.05) is 0 Å². The molecule has 1 unspecified atom stereocenters. The Labute approximate surface area is 114 Å². The number of benzene rings is 1. The predicted molar refractivity (Wildman–Crippen MR) is 49.5 cm³/mol. The summed E-state index contributed by atoms with van der Waals surface area (Å²) >= 11 is 0. The molecular formula is C9H2F9NO3. The quantitative estimate of drug-likeness (QED) is 0.361. The number of rotatable bonds is 4. The van der Waals surface area contributed by atoms with Gasteiger partial charge in [0.2, 0.25) is 17.4 Å². The normalized spacial score (nSPS) is 13.9. The number of nitro benzene ring substituents is 1. The van der Waals surface area contributed by atoms with Crippen molar-refractivity contribution in [3.8, 4) is 5.75 Å². The monoisotopic (exact) mass is 343 g/mol. The molecule has 0 bridgehead atoms. The summed E-state index contributed by atoms with van der Waals surface area (Å²) in [6, 6.07) is -0.412. The molecular weight excluding hydrogens is 341 g/mol. The molecule has 0 saturated carbocycles. The van der Waals surface area contributed by atoms with Crippen molar-refractivity contribution < 1.29 is 49.2 Å². The second kappa shape index (κ2) is 5.53. The molecule has 0 aliphatic rings. The number of hydrogen-bond acceptors (Lipinski definition) is 3. The van der Waals surface area contributed by atoms with Gasteiger partial charge in [-0.2, -0.15) is 30.7 Å². The molecule has 4 nitrogen and oxygen atoms in total. The Bertz CT molecular complexity index is 601. The van der Waals surface area contributed by atoms with Crippen molar-refractivity contribution in [3.05, 3.63) is 33.6 Å². The first kappa shape index (κ1) is 17.8. The molecule has 124 valence electrons. The van der Waals surface area contributed by atoms with Crippen LogP contribution in [0.5, 0.6) is 5.75 Å². The zero-order valence-corrected chi connectivity index (χ0v) is 9.73. The fourth-order valence-corrected chi connectivity index (χ4v) is 1.17. The molecule has 0 saturated heterocycles. The molecule has 0 heterocycles. The maximum Gasteiger partial charge on any atom is 0.439 e. The van der Waals surface area contributed by atoms with E-state index >= 15 is 0 Å². The number of nitrogens with zero attached hydrogens (tertiary/aromatic N) is 1. The minimum Gasteiger partial charge on any atom is -0.424 e. The van der Waals surface area contributed by atoms with Crippen LogP contribution in [0.3, 0.4) is 0 Å². The minimum absolute atomic E-state index is 0.412. The van der Waals surface area contributed by atoms with Gasteiger partial charge in [0.1, 0.15) is 0 Å². The van der Waals surface area contributed by atoms with E-state index in [-0.39, 0.29) is 0 Å². The van der Waals surface area contributed by atoms with E-state index in [0.717, 1.165) is 0 Å². The van der Waals surface area contributed by atoms with Gasteiger partial charge in [0.05, 0.1) is 11.0 Å². The van der Waals surface area contributed by atoms with Crippen LogP contribution >= 0.6 is 0 Å². The molecule has 0 N–H and O–H groups in total. The van der Waals surface area contributed by atoms with Crippen LogP contribution in [0.1, 0.15) is 0 Å². The molecule has 0 spiro atoms. The first-order valence-electron chi connectivity index (χ1n) is 4.88. The summed E-state index contributed by atoms with van der Waals surface area (Å²) in [6.45, 7) is 0. The van der Waals surface area contributed by atoms with Crippen LogP contribution in [-0.4, -0.2) is 23.4 Å². The lowest BCUT2D eigenvalue weighted by atomic mass is 10.2. The topological polar surface area (TPSA) is 52.4 Å². The highest BCUT2D eigenvalue weighted by atomic mass is 19.4. The zero-order valence-electron chi connectivity index (χ0n) is 9.73. The fraction of sp³-hybridized carbons (Fsp3) is 0.333. The lowest BCUT2D eigenvalue weighted by Crippen LogP contribution is -2.46. The molecule has 0 aromatic heterocycles. The van der Waals surface area contributed by atoms with E-state index in [1.165, 1.54) is 0 Å². The molecule has 0 fully saturated rings. The Morgan fingerprint density at radius 1 is 1.09 bits per heavy atom. The number of halogens is 9. The fourth-order valence-electron chi connectivity index (χ4n) is 1.17. The van der Waals surface area contributed by atoms with Crippen LogP contribution in [0.2, 0.25) is 0 Å². The molecule has 1 aromatic rings. The second-order valence-corrected chi connectivity index (χ2v) is 3.66. The number of hydrogen-bond donors (Lipinski definition) is 0. The Balaban J connectivity index is 3.30. The van der Waals surface area contributed by atoms with Gasteiger partial charge in [-0.25, -0.2) is 8.78 Å². The van der Waals surface area contributed by atoms with Crippen molar-refractivity contribution in [2.45, 2.75) is 18.5 Å². The Morgan fingerprint density at radius 2 is 1.59 bits per heavy atom. The van der Waals surface area contributed by atoms with Gasteiger partial charge in [-0.3, -0.25) is 10.1 Å².